The largest absolute Gasteiger partial charge is 0.480 e. The van der Waals surface area contributed by atoms with Crippen molar-refractivity contribution in [3.63, 3.8) is 0 Å². The summed E-state index contributed by atoms with van der Waals surface area (Å²) in [6, 6.07) is 0. The van der Waals surface area contributed by atoms with Crippen LogP contribution >= 0.6 is 0 Å². The number of Topliss-reactive ketones (excluding diaryl/α,β-unsaturated/α-hetero) is 1. The smallest absolute Gasteiger partial charge is 0.331 e. The number of nitrogens with one attached hydrogen (secondary N) is 1. The third-order valence-corrected chi connectivity index (χ3v) is 2.32. The molecular weight excluding hydrogens is 228 g/mol. The maximum absolute atomic E-state index is 11.9. The molecule has 0 saturated carbocycles. The average molecular weight is 244 g/mol. The first-order valence-electron chi connectivity index (χ1n) is 4.74. The minimum atomic E-state index is -2.20. The third kappa shape index (κ3) is 3.11. The van der Waals surface area contributed by atoms with Crippen LogP contribution in [-0.4, -0.2) is 45.6 Å². The first-order valence-corrected chi connectivity index (χ1v) is 4.74. The van der Waals surface area contributed by atoms with E-state index < -0.39 is 35.3 Å². The fourth-order valence-corrected chi connectivity index (χ4v) is 1.16. The van der Waals surface area contributed by atoms with Gasteiger partial charge in [0.1, 0.15) is 5.54 Å². The molecule has 0 aromatic carbocycles. The Bertz CT molecular complexity index is 364. The van der Waals surface area contributed by atoms with Crippen molar-refractivity contribution in [2.45, 2.75) is 24.9 Å². The molecule has 7 nitrogen and oxygen atoms in total. The number of carboxylic acids is 1. The molecule has 0 aliphatic carbocycles. The first kappa shape index (κ1) is 15.3. The number of hydrogen-bond acceptors (Lipinski definition) is 5. The number of ketones is 1. The lowest BCUT2D eigenvalue weighted by molar-refractivity contribution is -0.151. The highest BCUT2D eigenvalue weighted by atomic mass is 16.4. The van der Waals surface area contributed by atoms with Crippen molar-refractivity contribution in [1.29, 1.82) is 0 Å². The van der Waals surface area contributed by atoms with Crippen LogP contribution in [0.2, 0.25) is 0 Å². The van der Waals surface area contributed by atoms with Gasteiger partial charge in [-0.1, -0.05) is 6.58 Å². The molecule has 0 aromatic rings. The molecule has 0 aliphatic heterocycles. The molecule has 0 spiro atoms. The van der Waals surface area contributed by atoms with E-state index in [1.807, 2.05) is 0 Å². The van der Waals surface area contributed by atoms with Crippen LogP contribution in [0.4, 0.5) is 0 Å². The molecule has 2 unspecified atom stereocenters. The molecule has 0 fully saturated rings. The second-order valence-electron chi connectivity index (χ2n) is 4.02. The van der Waals surface area contributed by atoms with Gasteiger partial charge in [0.05, 0.1) is 6.61 Å². The molecular formula is C10H16N2O5. The Labute approximate surface area is 98.3 Å². The van der Waals surface area contributed by atoms with E-state index in [1.165, 1.54) is 6.92 Å². The SMILES string of the molecule is C=CC(=O)NC(C)(CO)C(=O)C(C)(N)C(=O)O. The molecule has 0 heterocycles. The number of aliphatic carboxylic acids is 1. The van der Waals surface area contributed by atoms with Gasteiger partial charge in [-0.2, -0.15) is 0 Å². The topological polar surface area (TPSA) is 130 Å². The van der Waals surface area contributed by atoms with E-state index in [4.69, 9.17) is 15.9 Å². The number of aliphatic hydroxyl groups excluding tert-OH is 1. The Hall–Kier alpha value is -1.73. The number of rotatable bonds is 6. The predicted octanol–water partition coefficient (Wildman–Crippen LogP) is -1.59. The summed E-state index contributed by atoms with van der Waals surface area (Å²) in [7, 11) is 0. The monoisotopic (exact) mass is 244 g/mol. The lowest BCUT2D eigenvalue weighted by Crippen LogP contribution is -2.66. The molecule has 0 aromatic heterocycles. The molecule has 0 saturated heterocycles. The van der Waals surface area contributed by atoms with E-state index in [9.17, 15) is 14.4 Å². The second-order valence-corrected chi connectivity index (χ2v) is 4.02. The molecule has 2 atom stereocenters. The van der Waals surface area contributed by atoms with Crippen molar-refractivity contribution in [3.05, 3.63) is 12.7 Å². The van der Waals surface area contributed by atoms with Crippen molar-refractivity contribution < 1.29 is 24.6 Å². The maximum atomic E-state index is 11.9. The molecule has 0 rings (SSSR count). The van der Waals surface area contributed by atoms with E-state index >= 15 is 0 Å². The van der Waals surface area contributed by atoms with Crippen molar-refractivity contribution in [1.82, 2.24) is 5.32 Å². The number of hydrogen-bond donors (Lipinski definition) is 4. The number of carboxylic acid groups (broad SMARTS) is 1. The highest BCUT2D eigenvalue weighted by Gasteiger charge is 2.47. The summed E-state index contributed by atoms with van der Waals surface area (Å²) in [6.07, 6.45) is 0.899. The van der Waals surface area contributed by atoms with Gasteiger partial charge in [0.15, 0.2) is 11.3 Å². The van der Waals surface area contributed by atoms with E-state index in [-0.39, 0.29) is 0 Å². The maximum Gasteiger partial charge on any atom is 0.331 e. The van der Waals surface area contributed by atoms with Crippen LogP contribution < -0.4 is 11.1 Å². The van der Waals surface area contributed by atoms with Gasteiger partial charge >= 0.3 is 5.97 Å². The molecule has 96 valence electrons. The fourth-order valence-electron chi connectivity index (χ4n) is 1.16. The summed E-state index contributed by atoms with van der Waals surface area (Å²) in [5, 5.41) is 20.1. The molecule has 7 heteroatoms. The summed E-state index contributed by atoms with van der Waals surface area (Å²) in [4.78, 5) is 33.8. The lowest BCUT2D eigenvalue weighted by Gasteiger charge is -2.32. The normalized spacial score (nSPS) is 17.4. The van der Waals surface area contributed by atoms with Crippen LogP contribution in [0.3, 0.4) is 0 Å². The minimum Gasteiger partial charge on any atom is -0.480 e. The summed E-state index contributed by atoms with van der Waals surface area (Å²) in [6.45, 7) is 4.59. The standard InChI is InChI=1S/C10H16N2O5/c1-4-6(14)12-9(2,5-13)7(15)10(3,11)8(16)17/h4,13H,1,5,11H2,2-3H3,(H,12,14)(H,16,17). The summed E-state index contributed by atoms with van der Waals surface area (Å²) in [5.74, 6) is -3.26. The number of nitrogens with two attached hydrogens (primary N) is 1. The minimum absolute atomic E-state index is 0.712. The van der Waals surface area contributed by atoms with E-state index in [0.717, 1.165) is 13.0 Å². The van der Waals surface area contributed by atoms with Crippen LogP contribution in [0.15, 0.2) is 12.7 Å². The third-order valence-electron chi connectivity index (χ3n) is 2.32. The summed E-state index contributed by atoms with van der Waals surface area (Å²) >= 11 is 0. The van der Waals surface area contributed by atoms with Crippen LogP contribution in [-0.2, 0) is 14.4 Å². The van der Waals surface area contributed by atoms with Crippen LogP contribution in [0.25, 0.3) is 0 Å². The van der Waals surface area contributed by atoms with Crippen LogP contribution in [0, 0.1) is 0 Å². The zero-order valence-corrected chi connectivity index (χ0v) is 9.69. The molecule has 0 bridgehead atoms. The Morgan fingerprint density at radius 3 is 2.18 bits per heavy atom. The molecule has 0 radical (unpaired) electrons. The van der Waals surface area contributed by atoms with Crippen molar-refractivity contribution in [3.8, 4) is 0 Å². The van der Waals surface area contributed by atoms with Gasteiger partial charge in [0.2, 0.25) is 5.91 Å². The van der Waals surface area contributed by atoms with Crippen LogP contribution in [0.5, 0.6) is 0 Å². The van der Waals surface area contributed by atoms with Crippen molar-refractivity contribution in [2.24, 2.45) is 5.73 Å². The Balaban J connectivity index is 5.25. The molecule has 1 amide bonds. The average Bonchev–Trinajstić information content (AvgIpc) is 2.27. The number of carbonyl (C=O) groups excluding carboxylic acids is 2. The second kappa shape index (κ2) is 5.07. The Morgan fingerprint density at radius 1 is 1.41 bits per heavy atom. The van der Waals surface area contributed by atoms with Gasteiger partial charge in [-0.15, -0.1) is 0 Å². The Morgan fingerprint density at radius 2 is 1.88 bits per heavy atom. The molecule has 17 heavy (non-hydrogen) atoms. The highest BCUT2D eigenvalue weighted by molar-refractivity contribution is 6.12. The predicted molar refractivity (Wildman–Crippen MR) is 59.1 cm³/mol. The summed E-state index contributed by atoms with van der Waals surface area (Å²) in [5.41, 5.74) is 1.37. The van der Waals surface area contributed by atoms with Gasteiger partial charge in [0, 0.05) is 0 Å². The van der Waals surface area contributed by atoms with E-state index in [1.54, 1.807) is 0 Å². The molecule has 0 aliphatic rings. The highest BCUT2D eigenvalue weighted by Crippen LogP contribution is 2.14. The van der Waals surface area contributed by atoms with Crippen molar-refractivity contribution in [2.75, 3.05) is 6.61 Å². The zero-order chi connectivity index (χ0) is 13.9. The fraction of sp³-hybridized carbons (Fsp3) is 0.500. The quantitative estimate of drug-likeness (QED) is 0.329. The number of amides is 1. The number of aliphatic hydroxyl groups is 1. The van der Waals surface area contributed by atoms with Gasteiger partial charge in [-0.05, 0) is 19.9 Å². The van der Waals surface area contributed by atoms with E-state index in [2.05, 4.69) is 11.9 Å². The van der Waals surface area contributed by atoms with Gasteiger partial charge in [-0.25, -0.2) is 4.79 Å². The van der Waals surface area contributed by atoms with Gasteiger partial charge in [0.25, 0.3) is 0 Å². The first-order chi connectivity index (χ1) is 7.61. The van der Waals surface area contributed by atoms with Crippen LogP contribution in [0.1, 0.15) is 13.8 Å². The lowest BCUT2D eigenvalue weighted by atomic mass is 9.83. The van der Waals surface area contributed by atoms with Crippen molar-refractivity contribution >= 4 is 17.7 Å². The van der Waals surface area contributed by atoms with Gasteiger partial charge < -0.3 is 21.3 Å². The van der Waals surface area contributed by atoms with Gasteiger partial charge in [-0.3, -0.25) is 9.59 Å². The zero-order valence-electron chi connectivity index (χ0n) is 9.69. The summed E-state index contributed by atoms with van der Waals surface area (Å²) < 4.78 is 0. The Kier molecular flexibility index (Phi) is 4.55. The van der Waals surface area contributed by atoms with E-state index in [0.29, 0.717) is 0 Å². The molecule has 5 N–H and O–H groups in total. The number of carbonyl (C=O) groups is 3.